The van der Waals surface area contributed by atoms with E-state index in [-0.39, 0.29) is 0 Å². The third-order valence-corrected chi connectivity index (χ3v) is 1.55. The Balaban J connectivity index is 4.04. The number of nitrogens with zero attached hydrogens (tertiary/aromatic N) is 1. The molecule has 0 saturated carbocycles. The summed E-state index contributed by atoms with van der Waals surface area (Å²) in [4.78, 5) is 2.11. The first-order chi connectivity index (χ1) is 5.72. The Labute approximate surface area is 75.7 Å². The van der Waals surface area contributed by atoms with Gasteiger partial charge in [-0.3, -0.25) is 0 Å². The molecule has 2 N–H and O–H groups in total. The topological polar surface area (TPSA) is 29.3 Å². The van der Waals surface area contributed by atoms with Gasteiger partial charge in [0.2, 0.25) is 0 Å². The van der Waals surface area contributed by atoms with E-state index >= 15 is 0 Å². The van der Waals surface area contributed by atoms with Crippen molar-refractivity contribution >= 4 is 0 Å². The molecule has 0 bridgehead atoms. The van der Waals surface area contributed by atoms with Gasteiger partial charge in [0.05, 0.1) is 0 Å². The van der Waals surface area contributed by atoms with Crippen molar-refractivity contribution in [1.29, 1.82) is 0 Å². The molecule has 0 saturated heterocycles. The quantitative estimate of drug-likeness (QED) is 0.634. The Kier molecular flexibility index (Phi) is 6.48. The number of nitrogens with two attached hydrogens (primary N) is 1. The van der Waals surface area contributed by atoms with Crippen molar-refractivity contribution in [3.8, 4) is 0 Å². The molecule has 0 spiro atoms. The summed E-state index contributed by atoms with van der Waals surface area (Å²) < 4.78 is 0. The van der Waals surface area contributed by atoms with E-state index in [0.29, 0.717) is 0 Å². The van der Waals surface area contributed by atoms with Crippen LogP contribution in [-0.2, 0) is 0 Å². The van der Waals surface area contributed by atoms with Crippen LogP contribution >= 0.6 is 0 Å². The van der Waals surface area contributed by atoms with Crippen LogP contribution in [0, 0.1) is 0 Å². The lowest BCUT2D eigenvalue weighted by atomic mass is 10.2. The third kappa shape index (κ3) is 4.97. The van der Waals surface area contributed by atoms with Crippen LogP contribution in [0.4, 0.5) is 0 Å². The monoisotopic (exact) mass is 168 g/mol. The SMILES string of the molecule is CC/C=C(\C=C/CCN)N(C)C. The normalized spacial score (nSPS) is 12.5. The first kappa shape index (κ1) is 11.2. The van der Waals surface area contributed by atoms with Gasteiger partial charge in [-0.15, -0.1) is 0 Å². The van der Waals surface area contributed by atoms with E-state index in [1.165, 1.54) is 5.70 Å². The second-order valence-corrected chi connectivity index (χ2v) is 2.91. The lowest BCUT2D eigenvalue weighted by molar-refractivity contribution is 0.527. The van der Waals surface area contributed by atoms with Gasteiger partial charge in [0.15, 0.2) is 0 Å². The molecule has 0 aromatic heterocycles. The van der Waals surface area contributed by atoms with Gasteiger partial charge in [0.25, 0.3) is 0 Å². The summed E-state index contributed by atoms with van der Waals surface area (Å²) in [5.41, 5.74) is 6.64. The zero-order chi connectivity index (χ0) is 9.40. The lowest BCUT2D eigenvalue weighted by Crippen LogP contribution is -2.09. The zero-order valence-electron chi connectivity index (χ0n) is 8.38. The van der Waals surface area contributed by atoms with Gasteiger partial charge in [-0.05, 0) is 25.5 Å². The van der Waals surface area contributed by atoms with Crippen molar-refractivity contribution in [3.05, 3.63) is 23.9 Å². The molecule has 12 heavy (non-hydrogen) atoms. The average Bonchev–Trinajstić information content (AvgIpc) is 2.03. The van der Waals surface area contributed by atoms with E-state index in [0.717, 1.165) is 19.4 Å². The second kappa shape index (κ2) is 6.92. The molecular weight excluding hydrogens is 148 g/mol. The van der Waals surface area contributed by atoms with Gasteiger partial charge in [0, 0.05) is 19.8 Å². The fraction of sp³-hybridized carbons (Fsp3) is 0.600. The minimum atomic E-state index is 0.726. The van der Waals surface area contributed by atoms with Gasteiger partial charge in [-0.2, -0.15) is 0 Å². The third-order valence-electron chi connectivity index (χ3n) is 1.55. The Hall–Kier alpha value is -0.760. The summed E-state index contributed by atoms with van der Waals surface area (Å²) in [7, 11) is 4.10. The van der Waals surface area contributed by atoms with Crippen LogP contribution in [-0.4, -0.2) is 25.5 Å². The lowest BCUT2D eigenvalue weighted by Gasteiger charge is -2.13. The molecule has 2 heteroatoms. The predicted molar refractivity (Wildman–Crippen MR) is 54.9 cm³/mol. The summed E-state index contributed by atoms with van der Waals surface area (Å²) in [6.07, 6.45) is 8.46. The van der Waals surface area contributed by atoms with Crippen LogP contribution in [0.15, 0.2) is 23.9 Å². The Morgan fingerprint density at radius 3 is 2.50 bits per heavy atom. The summed E-state index contributed by atoms with van der Waals surface area (Å²) in [5.74, 6) is 0. The Bertz CT molecular complexity index is 157. The molecule has 0 aliphatic heterocycles. The highest BCUT2D eigenvalue weighted by Gasteiger charge is 1.91. The van der Waals surface area contributed by atoms with Gasteiger partial charge in [-0.1, -0.05) is 19.1 Å². The van der Waals surface area contributed by atoms with Crippen LogP contribution < -0.4 is 5.73 Å². The number of rotatable bonds is 5. The van der Waals surface area contributed by atoms with E-state index in [1.54, 1.807) is 0 Å². The molecule has 0 aromatic rings. The fourth-order valence-corrected chi connectivity index (χ4v) is 0.909. The first-order valence-corrected chi connectivity index (χ1v) is 4.46. The number of hydrogen-bond donors (Lipinski definition) is 1. The van der Waals surface area contributed by atoms with Crippen molar-refractivity contribution in [1.82, 2.24) is 4.90 Å². The molecule has 0 aromatic carbocycles. The Morgan fingerprint density at radius 1 is 1.42 bits per heavy atom. The van der Waals surface area contributed by atoms with Crippen LogP contribution in [0.1, 0.15) is 19.8 Å². The number of hydrogen-bond acceptors (Lipinski definition) is 2. The average molecular weight is 168 g/mol. The summed E-state index contributed by atoms with van der Waals surface area (Å²) >= 11 is 0. The zero-order valence-corrected chi connectivity index (χ0v) is 8.38. The summed E-state index contributed by atoms with van der Waals surface area (Å²) in [6, 6.07) is 0. The van der Waals surface area contributed by atoms with Crippen molar-refractivity contribution in [2.45, 2.75) is 19.8 Å². The molecule has 0 unspecified atom stereocenters. The van der Waals surface area contributed by atoms with E-state index < -0.39 is 0 Å². The predicted octanol–water partition coefficient (Wildman–Crippen LogP) is 1.75. The maximum Gasteiger partial charge on any atom is 0.0317 e. The molecule has 70 valence electrons. The molecular formula is C10H20N2. The molecule has 0 fully saturated rings. The largest absolute Gasteiger partial charge is 0.378 e. The molecule has 0 heterocycles. The summed E-state index contributed by atoms with van der Waals surface area (Å²) in [5, 5.41) is 0. The van der Waals surface area contributed by atoms with E-state index in [4.69, 9.17) is 5.73 Å². The van der Waals surface area contributed by atoms with Crippen LogP contribution in [0.3, 0.4) is 0 Å². The maximum absolute atomic E-state index is 5.38. The smallest absolute Gasteiger partial charge is 0.0317 e. The number of allylic oxidation sites excluding steroid dienone is 2. The van der Waals surface area contributed by atoms with Gasteiger partial charge >= 0.3 is 0 Å². The first-order valence-electron chi connectivity index (χ1n) is 4.46. The van der Waals surface area contributed by atoms with Crippen molar-refractivity contribution in [2.24, 2.45) is 5.73 Å². The van der Waals surface area contributed by atoms with Gasteiger partial charge in [0.1, 0.15) is 0 Å². The van der Waals surface area contributed by atoms with Crippen LogP contribution in [0.25, 0.3) is 0 Å². The van der Waals surface area contributed by atoms with Gasteiger partial charge in [-0.25, -0.2) is 0 Å². The highest BCUT2D eigenvalue weighted by atomic mass is 15.1. The second-order valence-electron chi connectivity index (χ2n) is 2.91. The van der Waals surface area contributed by atoms with E-state index in [9.17, 15) is 0 Å². The van der Waals surface area contributed by atoms with Crippen molar-refractivity contribution < 1.29 is 0 Å². The highest BCUT2D eigenvalue weighted by molar-refractivity contribution is 5.16. The molecule has 0 amide bonds. The molecule has 0 radical (unpaired) electrons. The van der Waals surface area contributed by atoms with Gasteiger partial charge < -0.3 is 10.6 Å². The van der Waals surface area contributed by atoms with Crippen molar-refractivity contribution in [3.63, 3.8) is 0 Å². The molecule has 0 rings (SSSR count). The molecule has 0 aliphatic rings. The van der Waals surface area contributed by atoms with Crippen molar-refractivity contribution in [2.75, 3.05) is 20.6 Å². The van der Waals surface area contributed by atoms with Crippen LogP contribution in [0.5, 0.6) is 0 Å². The fourth-order valence-electron chi connectivity index (χ4n) is 0.909. The van der Waals surface area contributed by atoms with Crippen LogP contribution in [0.2, 0.25) is 0 Å². The molecule has 2 nitrogen and oxygen atoms in total. The minimum Gasteiger partial charge on any atom is -0.378 e. The molecule has 0 atom stereocenters. The Morgan fingerprint density at radius 2 is 2.08 bits per heavy atom. The van der Waals surface area contributed by atoms with E-state index in [1.807, 2.05) is 14.1 Å². The summed E-state index contributed by atoms with van der Waals surface area (Å²) in [6.45, 7) is 2.86. The van der Waals surface area contributed by atoms with E-state index in [2.05, 4.69) is 30.1 Å². The molecule has 0 aliphatic carbocycles. The standard InChI is InChI=1S/C10H20N2/c1-4-7-10(12(2)3)8-5-6-9-11/h5,7-8H,4,6,9,11H2,1-3H3/b8-5-,10-7+. The highest BCUT2D eigenvalue weighted by Crippen LogP contribution is 2.02. The maximum atomic E-state index is 5.38. The minimum absolute atomic E-state index is 0.726. The number of likely N-dealkylation sites (N-methyl/N-ethyl adjacent to an activating group) is 1.